The van der Waals surface area contributed by atoms with Crippen molar-refractivity contribution < 1.29 is 18.3 Å². The highest BCUT2D eigenvalue weighted by molar-refractivity contribution is 6.33. The minimum absolute atomic E-state index is 0.0867. The first-order chi connectivity index (χ1) is 10.5. The van der Waals surface area contributed by atoms with Crippen LogP contribution in [-0.2, 0) is 0 Å². The Kier molecular flexibility index (Phi) is 5.51. The van der Waals surface area contributed by atoms with Gasteiger partial charge in [-0.3, -0.25) is 4.79 Å². The highest BCUT2D eigenvalue weighted by atomic mass is 35.5. The molecule has 2 rings (SSSR count). The summed E-state index contributed by atoms with van der Waals surface area (Å²) in [5, 5.41) is 2.79. The van der Waals surface area contributed by atoms with E-state index in [-0.39, 0.29) is 34.8 Å². The highest BCUT2D eigenvalue weighted by Crippen LogP contribution is 2.16. The van der Waals surface area contributed by atoms with E-state index in [1.54, 1.807) is 0 Å². The summed E-state index contributed by atoms with van der Waals surface area (Å²) in [6, 6.07) is 5.93. The molecule has 1 aromatic carbocycles. The van der Waals surface area contributed by atoms with Gasteiger partial charge in [0.25, 0.3) is 5.91 Å². The van der Waals surface area contributed by atoms with E-state index in [0.717, 1.165) is 12.1 Å². The first-order valence-electron chi connectivity index (χ1n) is 6.15. The van der Waals surface area contributed by atoms with E-state index in [2.05, 4.69) is 10.3 Å². The zero-order valence-electron chi connectivity index (χ0n) is 11.1. The summed E-state index contributed by atoms with van der Waals surface area (Å²) >= 11 is 11.4. The number of nitrogens with zero attached hydrogens (tertiary/aromatic N) is 1. The normalized spacial score (nSPS) is 10.4. The van der Waals surface area contributed by atoms with Crippen LogP contribution in [-0.4, -0.2) is 24.0 Å². The van der Waals surface area contributed by atoms with Crippen LogP contribution in [0.2, 0.25) is 10.3 Å². The quantitative estimate of drug-likeness (QED) is 0.666. The first-order valence-corrected chi connectivity index (χ1v) is 6.90. The van der Waals surface area contributed by atoms with Crippen molar-refractivity contribution in [1.82, 2.24) is 10.3 Å². The van der Waals surface area contributed by atoms with Gasteiger partial charge in [0.1, 0.15) is 22.7 Å². The van der Waals surface area contributed by atoms with Crippen molar-refractivity contribution in [3.8, 4) is 5.75 Å². The van der Waals surface area contributed by atoms with Crippen molar-refractivity contribution in [2.45, 2.75) is 0 Å². The zero-order chi connectivity index (χ0) is 16.1. The summed E-state index contributed by atoms with van der Waals surface area (Å²) in [5.41, 5.74) is 0.262. The molecule has 1 heterocycles. The Labute approximate surface area is 135 Å². The van der Waals surface area contributed by atoms with E-state index >= 15 is 0 Å². The molecule has 0 spiro atoms. The van der Waals surface area contributed by atoms with Crippen LogP contribution in [0.3, 0.4) is 0 Å². The van der Waals surface area contributed by atoms with Gasteiger partial charge in [-0.05, 0) is 24.3 Å². The lowest BCUT2D eigenvalue weighted by atomic mass is 10.2. The van der Waals surface area contributed by atoms with Gasteiger partial charge in [0.15, 0.2) is 11.6 Å². The molecular weight excluding hydrogens is 337 g/mol. The molecule has 116 valence electrons. The number of hydrogen-bond acceptors (Lipinski definition) is 3. The Bertz CT molecular complexity index is 678. The Hall–Kier alpha value is -1.92. The van der Waals surface area contributed by atoms with Gasteiger partial charge < -0.3 is 10.1 Å². The van der Waals surface area contributed by atoms with E-state index < -0.39 is 17.5 Å². The molecule has 22 heavy (non-hydrogen) atoms. The van der Waals surface area contributed by atoms with Crippen molar-refractivity contribution in [3.63, 3.8) is 0 Å². The van der Waals surface area contributed by atoms with Crippen molar-refractivity contribution >= 4 is 29.1 Å². The van der Waals surface area contributed by atoms with Gasteiger partial charge in [0.2, 0.25) is 0 Å². The maximum Gasteiger partial charge on any atom is 0.251 e. The lowest BCUT2D eigenvalue weighted by Crippen LogP contribution is -2.28. The van der Waals surface area contributed by atoms with E-state index in [1.807, 2.05) is 0 Å². The van der Waals surface area contributed by atoms with Gasteiger partial charge in [-0.1, -0.05) is 23.2 Å². The van der Waals surface area contributed by atoms with Gasteiger partial charge in [-0.2, -0.15) is 0 Å². The number of ether oxygens (including phenoxy) is 1. The Morgan fingerprint density at radius 3 is 2.45 bits per heavy atom. The van der Waals surface area contributed by atoms with Crippen molar-refractivity contribution in [2.75, 3.05) is 13.2 Å². The average Bonchev–Trinajstić information content (AvgIpc) is 2.46. The van der Waals surface area contributed by atoms with Crippen LogP contribution in [0.5, 0.6) is 5.75 Å². The number of rotatable bonds is 5. The molecule has 1 aromatic heterocycles. The van der Waals surface area contributed by atoms with Gasteiger partial charge in [0, 0.05) is 11.6 Å². The minimum atomic E-state index is -0.998. The van der Waals surface area contributed by atoms with E-state index in [9.17, 15) is 13.6 Å². The molecule has 0 atom stereocenters. The third-order valence-corrected chi connectivity index (χ3v) is 2.96. The number of carbonyl (C=O) groups excluding carboxylic acids is 1. The average molecular weight is 347 g/mol. The number of hydrogen-bond donors (Lipinski definition) is 1. The molecule has 8 heteroatoms. The second-order valence-electron chi connectivity index (χ2n) is 4.18. The van der Waals surface area contributed by atoms with Crippen molar-refractivity contribution in [3.05, 3.63) is 57.8 Å². The molecule has 1 amide bonds. The zero-order valence-corrected chi connectivity index (χ0v) is 12.6. The van der Waals surface area contributed by atoms with Gasteiger partial charge in [-0.25, -0.2) is 13.8 Å². The van der Waals surface area contributed by atoms with Gasteiger partial charge in [0.05, 0.1) is 6.54 Å². The number of nitrogens with one attached hydrogen (secondary N) is 1. The molecule has 0 aliphatic carbocycles. The van der Waals surface area contributed by atoms with Crippen LogP contribution in [0, 0.1) is 11.6 Å². The summed E-state index contributed by atoms with van der Waals surface area (Å²) in [5.74, 6) is -2.18. The molecule has 0 saturated carbocycles. The summed E-state index contributed by atoms with van der Waals surface area (Å²) in [7, 11) is 0. The molecule has 0 unspecified atom stereocenters. The predicted molar refractivity (Wildman–Crippen MR) is 78.4 cm³/mol. The standard InChI is InChI=1S/C14H10Cl2F2N2O2/c15-12-5-8(6-13(16)20-12)14(21)19-3-4-22-9-1-2-10(17)11(18)7-9/h1-2,5-7H,3-4H2,(H,19,21). The number of carbonyl (C=O) groups is 1. The highest BCUT2D eigenvalue weighted by Gasteiger charge is 2.08. The molecule has 0 saturated heterocycles. The summed E-state index contributed by atoms with van der Waals surface area (Å²) in [6.07, 6.45) is 0. The van der Waals surface area contributed by atoms with Crippen LogP contribution in [0.4, 0.5) is 8.78 Å². The summed E-state index contributed by atoms with van der Waals surface area (Å²) in [6.45, 7) is 0.249. The van der Waals surface area contributed by atoms with Crippen LogP contribution in [0.1, 0.15) is 10.4 Å². The monoisotopic (exact) mass is 346 g/mol. The number of aromatic nitrogens is 1. The third kappa shape index (κ3) is 4.54. The predicted octanol–water partition coefficient (Wildman–Crippen LogP) is 3.48. The largest absolute Gasteiger partial charge is 0.492 e. The summed E-state index contributed by atoms with van der Waals surface area (Å²) in [4.78, 5) is 15.6. The SMILES string of the molecule is O=C(NCCOc1ccc(F)c(F)c1)c1cc(Cl)nc(Cl)c1. The molecule has 0 fully saturated rings. The first kappa shape index (κ1) is 16.5. The minimum Gasteiger partial charge on any atom is -0.492 e. The maximum absolute atomic E-state index is 13.0. The molecule has 1 N–H and O–H groups in total. The number of benzene rings is 1. The fourth-order valence-electron chi connectivity index (χ4n) is 1.60. The topological polar surface area (TPSA) is 51.2 Å². The fourth-order valence-corrected chi connectivity index (χ4v) is 2.06. The number of pyridine rings is 1. The summed E-state index contributed by atoms with van der Waals surface area (Å²) < 4.78 is 30.9. The van der Waals surface area contributed by atoms with Crippen molar-refractivity contribution in [2.24, 2.45) is 0 Å². The molecule has 0 radical (unpaired) electrons. The lowest BCUT2D eigenvalue weighted by molar-refractivity contribution is 0.0947. The third-order valence-electron chi connectivity index (χ3n) is 2.57. The van der Waals surface area contributed by atoms with Crippen LogP contribution >= 0.6 is 23.2 Å². The van der Waals surface area contributed by atoms with E-state index in [4.69, 9.17) is 27.9 Å². The number of halogens is 4. The van der Waals surface area contributed by atoms with Gasteiger partial charge in [-0.15, -0.1) is 0 Å². The molecule has 4 nitrogen and oxygen atoms in total. The lowest BCUT2D eigenvalue weighted by Gasteiger charge is -2.08. The molecule has 0 aliphatic heterocycles. The molecule has 0 aliphatic rings. The molecular formula is C14H10Cl2F2N2O2. The molecule has 0 bridgehead atoms. The van der Waals surface area contributed by atoms with Crippen molar-refractivity contribution in [1.29, 1.82) is 0 Å². The van der Waals surface area contributed by atoms with Crippen LogP contribution < -0.4 is 10.1 Å². The number of amides is 1. The van der Waals surface area contributed by atoms with Crippen LogP contribution in [0.25, 0.3) is 0 Å². The molecule has 2 aromatic rings. The smallest absolute Gasteiger partial charge is 0.251 e. The fraction of sp³-hybridized carbons (Fsp3) is 0.143. The van der Waals surface area contributed by atoms with Gasteiger partial charge >= 0.3 is 0 Å². The Morgan fingerprint density at radius 1 is 1.14 bits per heavy atom. The second kappa shape index (κ2) is 7.38. The Morgan fingerprint density at radius 2 is 1.82 bits per heavy atom. The van der Waals surface area contributed by atoms with E-state index in [1.165, 1.54) is 18.2 Å². The van der Waals surface area contributed by atoms with Crippen LogP contribution in [0.15, 0.2) is 30.3 Å². The second-order valence-corrected chi connectivity index (χ2v) is 4.96. The van der Waals surface area contributed by atoms with E-state index in [0.29, 0.717) is 0 Å². The maximum atomic E-state index is 13.0. The Balaban J connectivity index is 1.83.